The number of aliphatic carboxylic acids is 1. The van der Waals surface area contributed by atoms with Crippen LogP contribution in [0.1, 0.15) is 23.6 Å². The highest BCUT2D eigenvalue weighted by Gasteiger charge is 2.23. The van der Waals surface area contributed by atoms with Gasteiger partial charge in [0.1, 0.15) is 23.1 Å². The van der Waals surface area contributed by atoms with Crippen molar-refractivity contribution in [3.63, 3.8) is 0 Å². The molecule has 0 saturated carbocycles. The van der Waals surface area contributed by atoms with Gasteiger partial charge in [0.15, 0.2) is 6.61 Å². The van der Waals surface area contributed by atoms with Gasteiger partial charge >= 0.3 is 11.6 Å². The van der Waals surface area contributed by atoms with Crippen molar-refractivity contribution in [1.29, 1.82) is 0 Å². The van der Waals surface area contributed by atoms with Crippen molar-refractivity contribution in [2.75, 3.05) is 6.61 Å². The lowest BCUT2D eigenvalue weighted by molar-refractivity contribution is -0.142. The number of H-pyrrole nitrogens is 1. The van der Waals surface area contributed by atoms with Crippen LogP contribution in [-0.4, -0.2) is 39.7 Å². The average molecular weight is 464 g/mol. The fourth-order valence-electron chi connectivity index (χ4n) is 4.00. The summed E-state index contributed by atoms with van der Waals surface area (Å²) in [7, 11) is 0. The van der Waals surface area contributed by atoms with E-state index in [0.717, 1.165) is 16.6 Å². The van der Waals surface area contributed by atoms with E-state index >= 15 is 0 Å². The fourth-order valence-corrected chi connectivity index (χ4v) is 4.00. The van der Waals surface area contributed by atoms with E-state index in [0.29, 0.717) is 34.1 Å². The second kappa shape index (κ2) is 9.30. The quantitative estimate of drug-likeness (QED) is 0.294. The zero-order valence-electron chi connectivity index (χ0n) is 18.7. The normalized spacial score (nSPS) is 12.1. The molecule has 34 heavy (non-hydrogen) atoms. The summed E-state index contributed by atoms with van der Waals surface area (Å²) < 4.78 is 11.0. The molecule has 2 heterocycles. The predicted octanol–water partition coefficient (Wildman–Crippen LogP) is 3.04. The van der Waals surface area contributed by atoms with Crippen LogP contribution < -0.4 is 15.7 Å². The van der Waals surface area contributed by atoms with Crippen LogP contribution in [0.5, 0.6) is 11.5 Å². The van der Waals surface area contributed by atoms with Gasteiger partial charge in [0, 0.05) is 29.6 Å². The Bertz CT molecular complexity index is 1450. The molecule has 0 radical (unpaired) electrons. The Hall–Kier alpha value is -4.27. The van der Waals surface area contributed by atoms with Crippen LogP contribution in [0.4, 0.5) is 0 Å². The maximum atomic E-state index is 12.6. The summed E-state index contributed by atoms with van der Waals surface area (Å²) in [6.07, 6.45) is 2.24. The summed E-state index contributed by atoms with van der Waals surface area (Å²) >= 11 is 0. The molecule has 9 nitrogen and oxygen atoms in total. The number of fused-ring (bicyclic) bond motifs is 2. The number of aromatic hydroxyl groups is 1. The van der Waals surface area contributed by atoms with Crippen LogP contribution in [0.3, 0.4) is 0 Å². The van der Waals surface area contributed by atoms with E-state index in [4.69, 9.17) is 9.15 Å². The lowest BCUT2D eigenvalue weighted by Gasteiger charge is -2.16. The molecule has 4 aromatic rings. The summed E-state index contributed by atoms with van der Waals surface area (Å²) in [6, 6.07) is 8.41. The number of nitrogens with one attached hydrogen (secondary N) is 2. The number of carbonyl (C=O) groups excluding carboxylic acids is 1. The van der Waals surface area contributed by atoms with Crippen molar-refractivity contribution in [3.05, 3.63) is 69.7 Å². The zero-order chi connectivity index (χ0) is 24.4. The summed E-state index contributed by atoms with van der Waals surface area (Å²) in [5.41, 5.74) is 2.81. The van der Waals surface area contributed by atoms with E-state index in [-0.39, 0.29) is 12.2 Å². The SMILES string of the molecule is CCc1cc(=O)oc2cc(C)cc(OCC(=O)N[C@@H](Cc3c[nH]c4ccc(O)cc34)C(=O)O)c12. The first-order chi connectivity index (χ1) is 16.2. The summed E-state index contributed by atoms with van der Waals surface area (Å²) in [6.45, 7) is 3.29. The van der Waals surface area contributed by atoms with Gasteiger partial charge in [-0.3, -0.25) is 4.79 Å². The van der Waals surface area contributed by atoms with E-state index < -0.39 is 30.2 Å². The van der Waals surface area contributed by atoms with Crippen molar-refractivity contribution in [2.45, 2.75) is 32.7 Å². The van der Waals surface area contributed by atoms with Gasteiger partial charge in [-0.05, 0) is 60.4 Å². The van der Waals surface area contributed by atoms with Crippen LogP contribution in [0.2, 0.25) is 0 Å². The minimum Gasteiger partial charge on any atom is -0.508 e. The Morgan fingerprint density at radius 3 is 2.71 bits per heavy atom. The van der Waals surface area contributed by atoms with Crippen LogP contribution in [0, 0.1) is 6.92 Å². The number of hydrogen-bond acceptors (Lipinski definition) is 6. The Kier molecular flexibility index (Phi) is 6.27. The van der Waals surface area contributed by atoms with Gasteiger partial charge in [-0.1, -0.05) is 6.92 Å². The van der Waals surface area contributed by atoms with Crippen LogP contribution in [0.15, 0.2) is 51.8 Å². The fraction of sp³-hybridized carbons (Fsp3) is 0.240. The first-order valence-corrected chi connectivity index (χ1v) is 10.8. The second-order valence-electron chi connectivity index (χ2n) is 8.08. The topological polar surface area (TPSA) is 142 Å². The number of hydrogen-bond donors (Lipinski definition) is 4. The van der Waals surface area contributed by atoms with Crippen LogP contribution in [-0.2, 0) is 22.4 Å². The molecule has 0 aliphatic carbocycles. The minimum absolute atomic E-state index is 0.0169. The third kappa shape index (κ3) is 4.73. The monoisotopic (exact) mass is 464 g/mol. The molecule has 0 bridgehead atoms. The molecule has 1 amide bonds. The van der Waals surface area contributed by atoms with Gasteiger partial charge in [-0.15, -0.1) is 0 Å². The number of phenolic OH excluding ortho intramolecular Hbond substituents is 1. The van der Waals surface area contributed by atoms with Crippen molar-refractivity contribution >= 4 is 33.7 Å². The molecular weight excluding hydrogens is 440 g/mol. The largest absolute Gasteiger partial charge is 0.508 e. The summed E-state index contributed by atoms with van der Waals surface area (Å²) in [5.74, 6) is -1.37. The number of aromatic amines is 1. The maximum absolute atomic E-state index is 12.6. The molecule has 4 N–H and O–H groups in total. The Morgan fingerprint density at radius 1 is 1.18 bits per heavy atom. The number of carboxylic acid groups (broad SMARTS) is 1. The average Bonchev–Trinajstić information content (AvgIpc) is 3.17. The molecule has 0 unspecified atom stereocenters. The number of benzene rings is 2. The lowest BCUT2D eigenvalue weighted by atomic mass is 10.0. The standard InChI is InChI=1S/C25H24N2O7/c1-3-14-9-23(30)34-21-7-13(2)6-20(24(14)21)33-12-22(29)27-19(25(31)32)8-15-11-26-18-5-4-16(28)10-17(15)18/h4-7,9-11,19,26,28H,3,8,12H2,1-2H3,(H,27,29)(H,31,32)/t19-/m0/s1. The Labute approximate surface area is 194 Å². The van der Waals surface area contributed by atoms with E-state index in [1.807, 2.05) is 13.8 Å². The van der Waals surface area contributed by atoms with Crippen molar-refractivity contribution in [2.24, 2.45) is 0 Å². The van der Waals surface area contributed by atoms with Gasteiger partial charge in [0.2, 0.25) is 0 Å². The Morgan fingerprint density at radius 2 is 1.97 bits per heavy atom. The van der Waals surface area contributed by atoms with Gasteiger partial charge in [0.25, 0.3) is 5.91 Å². The third-order valence-corrected chi connectivity index (χ3v) is 5.58. The molecule has 2 aromatic carbocycles. The molecule has 0 saturated heterocycles. The summed E-state index contributed by atoms with van der Waals surface area (Å²) in [5, 5.41) is 23.2. The highest BCUT2D eigenvalue weighted by molar-refractivity contribution is 5.89. The number of aryl methyl sites for hydroxylation is 2. The molecule has 0 fully saturated rings. The number of amides is 1. The molecule has 0 aliphatic rings. The van der Waals surface area contributed by atoms with Crippen LogP contribution in [0.25, 0.3) is 21.9 Å². The number of carbonyl (C=O) groups is 2. The summed E-state index contributed by atoms with van der Waals surface area (Å²) in [4.78, 5) is 39.3. The molecule has 9 heteroatoms. The number of aromatic nitrogens is 1. The van der Waals surface area contributed by atoms with Crippen LogP contribution >= 0.6 is 0 Å². The number of carboxylic acids is 1. The number of phenols is 1. The van der Waals surface area contributed by atoms with Crippen molar-refractivity contribution in [1.82, 2.24) is 10.3 Å². The molecular formula is C25H24N2O7. The minimum atomic E-state index is -1.20. The zero-order valence-corrected chi connectivity index (χ0v) is 18.7. The molecule has 1 atom stereocenters. The van der Waals surface area contributed by atoms with E-state index in [2.05, 4.69) is 10.3 Å². The first-order valence-electron chi connectivity index (χ1n) is 10.8. The molecule has 0 aliphatic heterocycles. The van der Waals surface area contributed by atoms with Crippen molar-refractivity contribution < 1.29 is 29.0 Å². The third-order valence-electron chi connectivity index (χ3n) is 5.58. The smallest absolute Gasteiger partial charge is 0.336 e. The highest BCUT2D eigenvalue weighted by Crippen LogP contribution is 2.30. The van der Waals surface area contributed by atoms with E-state index in [1.54, 1.807) is 24.4 Å². The van der Waals surface area contributed by atoms with Gasteiger partial charge in [-0.25, -0.2) is 9.59 Å². The van der Waals surface area contributed by atoms with Gasteiger partial charge in [-0.2, -0.15) is 0 Å². The number of ether oxygens (including phenoxy) is 1. The predicted molar refractivity (Wildman–Crippen MR) is 125 cm³/mol. The first kappa shape index (κ1) is 22.9. The Balaban J connectivity index is 1.51. The molecule has 0 spiro atoms. The molecule has 176 valence electrons. The van der Waals surface area contributed by atoms with Crippen molar-refractivity contribution in [3.8, 4) is 11.5 Å². The second-order valence-corrected chi connectivity index (χ2v) is 8.08. The number of rotatable bonds is 8. The van der Waals surface area contributed by atoms with Gasteiger partial charge < -0.3 is 29.7 Å². The highest BCUT2D eigenvalue weighted by atomic mass is 16.5. The van der Waals surface area contributed by atoms with Gasteiger partial charge in [0.05, 0.1) is 5.39 Å². The molecule has 2 aromatic heterocycles. The van der Waals surface area contributed by atoms with E-state index in [1.165, 1.54) is 18.2 Å². The lowest BCUT2D eigenvalue weighted by Crippen LogP contribution is -2.44. The maximum Gasteiger partial charge on any atom is 0.336 e. The van der Waals surface area contributed by atoms with E-state index in [9.17, 15) is 24.6 Å². The molecule has 4 rings (SSSR count).